The highest BCUT2D eigenvalue weighted by Crippen LogP contribution is 2.14. The summed E-state index contributed by atoms with van der Waals surface area (Å²) in [7, 11) is 0. The highest BCUT2D eigenvalue weighted by molar-refractivity contribution is 7.10. The van der Waals surface area contributed by atoms with Gasteiger partial charge >= 0.3 is 0 Å². The van der Waals surface area contributed by atoms with Gasteiger partial charge in [0.2, 0.25) is 5.91 Å². The summed E-state index contributed by atoms with van der Waals surface area (Å²) in [5.74, 6) is 0.289. The van der Waals surface area contributed by atoms with Crippen LogP contribution in [0.2, 0.25) is 0 Å². The average molecular weight is 335 g/mol. The molecule has 22 heavy (non-hydrogen) atoms. The third-order valence-electron chi connectivity index (χ3n) is 3.94. The quantitative estimate of drug-likeness (QED) is 0.843. The molecule has 0 bridgehead atoms. The van der Waals surface area contributed by atoms with Crippen LogP contribution in [-0.4, -0.2) is 46.9 Å². The van der Waals surface area contributed by atoms with Gasteiger partial charge in [0.25, 0.3) is 0 Å². The summed E-state index contributed by atoms with van der Waals surface area (Å²) in [6.45, 7) is 6.52. The molecule has 0 atom stereocenters. The van der Waals surface area contributed by atoms with Crippen molar-refractivity contribution in [3.05, 3.63) is 38.5 Å². The van der Waals surface area contributed by atoms with Crippen LogP contribution in [0, 0.1) is 6.92 Å². The van der Waals surface area contributed by atoms with Crippen molar-refractivity contribution >= 4 is 28.6 Å². The van der Waals surface area contributed by atoms with Crippen LogP contribution in [0.15, 0.2) is 22.9 Å². The van der Waals surface area contributed by atoms with Gasteiger partial charge in [-0.25, -0.2) is 4.98 Å². The van der Waals surface area contributed by atoms with Gasteiger partial charge in [0.1, 0.15) is 0 Å². The molecule has 0 unspecified atom stereocenters. The van der Waals surface area contributed by atoms with E-state index in [0.717, 1.165) is 49.8 Å². The SMILES string of the molecule is Cc1nc(CN2CCN(C(=O)CCc3cccs3)CC2)cs1. The van der Waals surface area contributed by atoms with E-state index in [0.29, 0.717) is 6.42 Å². The van der Waals surface area contributed by atoms with Crippen molar-refractivity contribution in [3.63, 3.8) is 0 Å². The van der Waals surface area contributed by atoms with Crippen LogP contribution in [0.4, 0.5) is 0 Å². The van der Waals surface area contributed by atoms with Crippen LogP contribution in [0.5, 0.6) is 0 Å². The van der Waals surface area contributed by atoms with E-state index in [1.54, 1.807) is 22.7 Å². The zero-order chi connectivity index (χ0) is 15.4. The van der Waals surface area contributed by atoms with E-state index in [1.807, 2.05) is 17.9 Å². The number of carbonyl (C=O) groups is 1. The van der Waals surface area contributed by atoms with Crippen LogP contribution < -0.4 is 0 Å². The number of piperazine rings is 1. The molecule has 3 rings (SSSR count). The molecule has 2 aromatic rings. The summed E-state index contributed by atoms with van der Waals surface area (Å²) in [5, 5.41) is 5.32. The van der Waals surface area contributed by atoms with E-state index in [-0.39, 0.29) is 5.91 Å². The Hall–Kier alpha value is -1.24. The number of hydrogen-bond acceptors (Lipinski definition) is 5. The zero-order valence-electron chi connectivity index (χ0n) is 12.8. The fraction of sp³-hybridized carbons (Fsp3) is 0.500. The number of hydrogen-bond donors (Lipinski definition) is 0. The first kappa shape index (κ1) is 15.6. The minimum atomic E-state index is 0.289. The highest BCUT2D eigenvalue weighted by atomic mass is 32.1. The molecular formula is C16H21N3OS2. The smallest absolute Gasteiger partial charge is 0.223 e. The average Bonchev–Trinajstić information content (AvgIpc) is 3.17. The Balaban J connectivity index is 1.42. The number of carbonyl (C=O) groups excluding carboxylic acids is 1. The van der Waals surface area contributed by atoms with Gasteiger partial charge in [-0.2, -0.15) is 0 Å². The summed E-state index contributed by atoms with van der Waals surface area (Å²) in [4.78, 5) is 22.5. The third-order valence-corrected chi connectivity index (χ3v) is 5.70. The van der Waals surface area contributed by atoms with Crippen molar-refractivity contribution in [3.8, 4) is 0 Å². The number of aromatic nitrogens is 1. The Morgan fingerprint density at radius 3 is 2.73 bits per heavy atom. The van der Waals surface area contributed by atoms with Crippen molar-refractivity contribution in [2.24, 2.45) is 0 Å². The van der Waals surface area contributed by atoms with Gasteiger partial charge < -0.3 is 4.90 Å². The van der Waals surface area contributed by atoms with Gasteiger partial charge in [-0.05, 0) is 24.8 Å². The molecule has 0 N–H and O–H groups in total. The summed E-state index contributed by atoms with van der Waals surface area (Å²) in [5.41, 5.74) is 1.15. The largest absolute Gasteiger partial charge is 0.340 e. The van der Waals surface area contributed by atoms with Crippen LogP contribution in [0.1, 0.15) is 22.0 Å². The Labute approximate surface area is 139 Å². The first-order valence-electron chi connectivity index (χ1n) is 7.64. The monoisotopic (exact) mass is 335 g/mol. The Morgan fingerprint density at radius 2 is 2.09 bits per heavy atom. The predicted octanol–water partition coefficient (Wildman–Crippen LogP) is 2.79. The van der Waals surface area contributed by atoms with Gasteiger partial charge in [0.15, 0.2) is 0 Å². The fourth-order valence-corrected chi connectivity index (χ4v) is 4.02. The molecule has 6 heteroatoms. The van der Waals surface area contributed by atoms with Crippen LogP contribution in [0.3, 0.4) is 0 Å². The van der Waals surface area contributed by atoms with Gasteiger partial charge in [0, 0.05) is 49.4 Å². The molecule has 1 aliphatic rings. The topological polar surface area (TPSA) is 36.4 Å². The molecule has 1 saturated heterocycles. The third kappa shape index (κ3) is 4.15. The summed E-state index contributed by atoms with van der Waals surface area (Å²) in [6, 6.07) is 4.15. The maximum absolute atomic E-state index is 12.3. The maximum Gasteiger partial charge on any atom is 0.223 e. The lowest BCUT2D eigenvalue weighted by atomic mass is 10.2. The van der Waals surface area contributed by atoms with Gasteiger partial charge in [-0.1, -0.05) is 6.07 Å². The lowest BCUT2D eigenvalue weighted by molar-refractivity contribution is -0.132. The summed E-state index contributed by atoms with van der Waals surface area (Å²) in [6.07, 6.45) is 1.50. The molecule has 2 aromatic heterocycles. The number of thiazole rings is 1. The minimum Gasteiger partial charge on any atom is -0.340 e. The molecule has 4 nitrogen and oxygen atoms in total. The number of aryl methyl sites for hydroxylation is 2. The normalized spacial score (nSPS) is 16.1. The fourth-order valence-electron chi connectivity index (χ4n) is 2.71. The predicted molar refractivity (Wildman–Crippen MR) is 91.3 cm³/mol. The Bertz CT molecular complexity index is 601. The van der Waals surface area contributed by atoms with Crippen molar-refractivity contribution in [2.75, 3.05) is 26.2 Å². The van der Waals surface area contributed by atoms with Crippen molar-refractivity contribution < 1.29 is 4.79 Å². The molecule has 0 saturated carbocycles. The number of amides is 1. The second-order valence-electron chi connectivity index (χ2n) is 5.59. The molecule has 3 heterocycles. The van der Waals surface area contributed by atoms with Crippen molar-refractivity contribution in [1.29, 1.82) is 0 Å². The second-order valence-corrected chi connectivity index (χ2v) is 7.69. The molecule has 1 aliphatic heterocycles. The molecular weight excluding hydrogens is 314 g/mol. The number of nitrogens with zero attached hydrogens (tertiary/aromatic N) is 3. The van der Waals surface area contributed by atoms with Gasteiger partial charge in [-0.3, -0.25) is 9.69 Å². The Kier molecular flexibility index (Phi) is 5.23. The zero-order valence-corrected chi connectivity index (χ0v) is 14.5. The van der Waals surface area contributed by atoms with E-state index in [9.17, 15) is 4.79 Å². The lowest BCUT2D eigenvalue weighted by Crippen LogP contribution is -2.48. The van der Waals surface area contributed by atoms with Crippen LogP contribution in [0.25, 0.3) is 0 Å². The van der Waals surface area contributed by atoms with E-state index in [4.69, 9.17) is 0 Å². The Morgan fingerprint density at radius 1 is 1.27 bits per heavy atom. The molecule has 118 valence electrons. The molecule has 0 spiro atoms. The second kappa shape index (κ2) is 7.35. The molecule has 0 radical (unpaired) electrons. The molecule has 1 fully saturated rings. The summed E-state index contributed by atoms with van der Waals surface area (Å²) < 4.78 is 0. The van der Waals surface area contributed by atoms with Crippen LogP contribution >= 0.6 is 22.7 Å². The molecule has 0 aliphatic carbocycles. The maximum atomic E-state index is 12.3. The van der Waals surface area contributed by atoms with E-state index < -0.39 is 0 Å². The van der Waals surface area contributed by atoms with E-state index in [2.05, 4.69) is 26.7 Å². The highest BCUT2D eigenvalue weighted by Gasteiger charge is 2.21. The molecule has 0 aromatic carbocycles. The van der Waals surface area contributed by atoms with Gasteiger partial charge in [-0.15, -0.1) is 22.7 Å². The lowest BCUT2D eigenvalue weighted by Gasteiger charge is -2.34. The van der Waals surface area contributed by atoms with Gasteiger partial charge in [0.05, 0.1) is 10.7 Å². The van der Waals surface area contributed by atoms with E-state index in [1.165, 1.54) is 4.88 Å². The van der Waals surface area contributed by atoms with Crippen molar-refractivity contribution in [2.45, 2.75) is 26.3 Å². The first-order valence-corrected chi connectivity index (χ1v) is 9.40. The number of rotatable bonds is 5. The van der Waals surface area contributed by atoms with Crippen molar-refractivity contribution in [1.82, 2.24) is 14.8 Å². The summed E-state index contributed by atoms with van der Waals surface area (Å²) >= 11 is 3.43. The van der Waals surface area contributed by atoms with Crippen LogP contribution in [-0.2, 0) is 17.8 Å². The standard InChI is InChI=1S/C16H21N3OS2/c1-13-17-14(12-22-13)11-18-6-8-19(9-7-18)16(20)5-4-15-3-2-10-21-15/h2-3,10,12H,4-9,11H2,1H3. The minimum absolute atomic E-state index is 0.289. The molecule has 1 amide bonds. The number of thiophene rings is 1. The first-order chi connectivity index (χ1) is 10.7. The van der Waals surface area contributed by atoms with E-state index >= 15 is 0 Å².